The van der Waals surface area contributed by atoms with Crippen LogP contribution in [0.1, 0.15) is 41.5 Å². The van der Waals surface area contributed by atoms with Gasteiger partial charge in [-0.2, -0.15) is 0 Å². The largest absolute Gasteiger partial charge is 0.297 e. The Morgan fingerprint density at radius 3 is 1.81 bits per heavy atom. The van der Waals surface area contributed by atoms with Crippen molar-refractivity contribution in [1.29, 1.82) is 5.41 Å². The van der Waals surface area contributed by atoms with Crippen molar-refractivity contribution in [3.05, 3.63) is 23.3 Å². The molecule has 0 atom stereocenters. The van der Waals surface area contributed by atoms with Gasteiger partial charge in [0.25, 0.3) is 0 Å². The monoisotopic (exact) mass is 219 g/mol. The van der Waals surface area contributed by atoms with Crippen molar-refractivity contribution in [3.8, 4) is 0 Å². The first kappa shape index (κ1) is 12.9. The average Bonchev–Trinajstić information content (AvgIpc) is 2.05. The molecule has 0 saturated heterocycles. The van der Waals surface area contributed by atoms with Crippen LogP contribution >= 0.6 is 0 Å². The van der Waals surface area contributed by atoms with Crippen molar-refractivity contribution in [1.82, 2.24) is 0 Å². The van der Waals surface area contributed by atoms with E-state index in [0.717, 1.165) is 11.1 Å². The van der Waals surface area contributed by atoms with Crippen molar-refractivity contribution < 1.29 is 4.79 Å². The molecule has 0 radical (unpaired) electrons. The van der Waals surface area contributed by atoms with Crippen LogP contribution in [-0.2, 0) is 4.79 Å². The van der Waals surface area contributed by atoms with E-state index in [1.54, 1.807) is 6.08 Å². The quantitative estimate of drug-likeness (QED) is 0.622. The van der Waals surface area contributed by atoms with E-state index in [-0.39, 0.29) is 22.3 Å². The Kier molecular flexibility index (Phi) is 2.97. The lowest BCUT2D eigenvalue weighted by Crippen LogP contribution is -2.28. The van der Waals surface area contributed by atoms with Gasteiger partial charge in [-0.15, -0.1) is 0 Å². The number of ketones is 1. The molecule has 88 valence electrons. The molecule has 2 nitrogen and oxygen atoms in total. The zero-order valence-electron chi connectivity index (χ0n) is 11.1. The molecule has 0 bridgehead atoms. The van der Waals surface area contributed by atoms with Crippen molar-refractivity contribution >= 4 is 11.5 Å². The molecule has 0 fully saturated rings. The number of hydrogen-bond acceptors (Lipinski definition) is 2. The first-order chi connectivity index (χ1) is 7.03. The molecule has 0 aromatic rings. The van der Waals surface area contributed by atoms with Gasteiger partial charge < -0.3 is 0 Å². The second kappa shape index (κ2) is 3.69. The highest BCUT2D eigenvalue weighted by Crippen LogP contribution is 2.35. The summed E-state index contributed by atoms with van der Waals surface area (Å²) in [6.45, 7) is 12.3. The van der Waals surface area contributed by atoms with Crippen LogP contribution < -0.4 is 0 Å². The van der Waals surface area contributed by atoms with Crippen LogP contribution in [0.2, 0.25) is 0 Å². The highest BCUT2D eigenvalue weighted by atomic mass is 16.1. The van der Waals surface area contributed by atoms with E-state index >= 15 is 0 Å². The molecule has 0 aromatic carbocycles. The van der Waals surface area contributed by atoms with Crippen LogP contribution in [0.3, 0.4) is 0 Å². The van der Waals surface area contributed by atoms with Crippen molar-refractivity contribution in [2.24, 2.45) is 10.8 Å². The summed E-state index contributed by atoms with van der Waals surface area (Å²) >= 11 is 0. The number of carbonyl (C=O) groups excluding carboxylic acids is 1. The fourth-order valence-electron chi connectivity index (χ4n) is 1.64. The third kappa shape index (κ3) is 2.49. The number of nitrogens with one attached hydrogen (secondary N) is 1. The summed E-state index contributed by atoms with van der Waals surface area (Å²) in [6, 6.07) is 0. The Bertz CT molecular complexity index is 397. The van der Waals surface area contributed by atoms with Gasteiger partial charge in [-0.25, -0.2) is 0 Å². The summed E-state index contributed by atoms with van der Waals surface area (Å²) in [4.78, 5) is 11.8. The molecule has 1 rings (SSSR count). The predicted molar refractivity (Wildman–Crippen MR) is 67.8 cm³/mol. The predicted octanol–water partition coefficient (Wildman–Crippen LogP) is 3.53. The number of carbonyl (C=O) groups is 1. The van der Waals surface area contributed by atoms with Gasteiger partial charge >= 0.3 is 0 Å². The topological polar surface area (TPSA) is 40.9 Å². The minimum Gasteiger partial charge on any atom is -0.297 e. The molecule has 1 aliphatic rings. The minimum atomic E-state index is -0.169. The van der Waals surface area contributed by atoms with Crippen LogP contribution in [-0.4, -0.2) is 11.5 Å². The lowest BCUT2D eigenvalue weighted by atomic mass is 9.74. The summed E-state index contributed by atoms with van der Waals surface area (Å²) < 4.78 is 0. The van der Waals surface area contributed by atoms with E-state index in [9.17, 15) is 4.79 Å². The van der Waals surface area contributed by atoms with Gasteiger partial charge in [0.15, 0.2) is 0 Å². The van der Waals surface area contributed by atoms with Gasteiger partial charge in [-0.05, 0) is 28.1 Å². The molecule has 0 spiro atoms. The molecule has 0 unspecified atom stereocenters. The third-order valence-corrected chi connectivity index (χ3v) is 2.78. The summed E-state index contributed by atoms with van der Waals surface area (Å²) in [7, 11) is 0. The maximum absolute atomic E-state index is 11.8. The lowest BCUT2D eigenvalue weighted by molar-refractivity contribution is -0.109. The van der Waals surface area contributed by atoms with Gasteiger partial charge in [-0.1, -0.05) is 47.6 Å². The second-order valence-electron chi connectivity index (χ2n) is 6.40. The van der Waals surface area contributed by atoms with Crippen LogP contribution in [0.25, 0.3) is 0 Å². The Hall–Kier alpha value is -1.18. The van der Waals surface area contributed by atoms with E-state index in [1.807, 2.05) is 26.8 Å². The van der Waals surface area contributed by atoms with Crippen molar-refractivity contribution in [3.63, 3.8) is 0 Å². The lowest BCUT2D eigenvalue weighted by Gasteiger charge is -2.30. The highest BCUT2D eigenvalue weighted by molar-refractivity contribution is 6.49. The summed E-state index contributed by atoms with van der Waals surface area (Å²) in [5.74, 6) is -0.169. The fraction of sp³-hybridized carbons (Fsp3) is 0.571. The normalized spacial score (nSPS) is 18.4. The standard InChI is InChI=1S/C14H21NO/c1-13(2,3)9-7-10(14(4,5)6)12(15)11(16)8-9/h7-8,15H,1-6H3. The third-order valence-electron chi connectivity index (χ3n) is 2.78. The average molecular weight is 219 g/mol. The molecule has 1 N–H and O–H groups in total. The Morgan fingerprint density at radius 1 is 0.938 bits per heavy atom. The van der Waals surface area contributed by atoms with Gasteiger partial charge in [0.05, 0.1) is 0 Å². The molecule has 0 heterocycles. The van der Waals surface area contributed by atoms with Crippen LogP contribution in [0.5, 0.6) is 0 Å². The summed E-state index contributed by atoms with van der Waals surface area (Å²) in [6.07, 6.45) is 3.60. The zero-order valence-corrected chi connectivity index (χ0v) is 11.1. The van der Waals surface area contributed by atoms with E-state index in [0.29, 0.717) is 0 Å². The number of allylic oxidation sites excluding steroid dienone is 4. The molecule has 0 amide bonds. The first-order valence-electron chi connectivity index (χ1n) is 5.61. The maximum Gasteiger partial charge on any atom is 0.204 e. The van der Waals surface area contributed by atoms with Crippen LogP contribution in [0, 0.1) is 16.2 Å². The minimum absolute atomic E-state index is 0.0487. The Balaban J connectivity index is 3.29. The SMILES string of the molecule is CC(C)(C)C1=CC(=O)C(=N)C(C(C)(C)C)=C1. The van der Waals surface area contributed by atoms with E-state index in [4.69, 9.17) is 5.41 Å². The van der Waals surface area contributed by atoms with Crippen molar-refractivity contribution in [2.45, 2.75) is 41.5 Å². The van der Waals surface area contributed by atoms with Crippen LogP contribution in [0.4, 0.5) is 0 Å². The van der Waals surface area contributed by atoms with Crippen LogP contribution in [0.15, 0.2) is 23.3 Å². The molecule has 2 heteroatoms. The molecule has 1 aliphatic carbocycles. The molecule has 16 heavy (non-hydrogen) atoms. The maximum atomic E-state index is 11.8. The zero-order chi connectivity index (χ0) is 12.7. The van der Waals surface area contributed by atoms with E-state index in [2.05, 4.69) is 20.8 Å². The molecule has 0 aliphatic heterocycles. The second-order valence-corrected chi connectivity index (χ2v) is 6.40. The molecule has 0 aromatic heterocycles. The van der Waals surface area contributed by atoms with Gasteiger partial charge in [-0.3, -0.25) is 10.2 Å². The van der Waals surface area contributed by atoms with E-state index in [1.165, 1.54) is 0 Å². The fourth-order valence-corrected chi connectivity index (χ4v) is 1.64. The Labute approximate surface area is 97.9 Å². The molecular formula is C14H21NO. The smallest absolute Gasteiger partial charge is 0.204 e. The summed E-state index contributed by atoms with van der Waals surface area (Å²) in [5, 5.41) is 7.84. The van der Waals surface area contributed by atoms with E-state index < -0.39 is 0 Å². The molecule has 0 saturated carbocycles. The van der Waals surface area contributed by atoms with Gasteiger partial charge in [0, 0.05) is 0 Å². The first-order valence-corrected chi connectivity index (χ1v) is 5.61. The van der Waals surface area contributed by atoms with Crippen molar-refractivity contribution in [2.75, 3.05) is 0 Å². The molecular weight excluding hydrogens is 198 g/mol. The van der Waals surface area contributed by atoms with Gasteiger partial charge in [0.2, 0.25) is 5.78 Å². The van der Waals surface area contributed by atoms with Gasteiger partial charge in [0.1, 0.15) is 5.71 Å². The summed E-state index contributed by atoms with van der Waals surface area (Å²) in [5.41, 5.74) is 1.79. The number of hydrogen-bond donors (Lipinski definition) is 1. The Morgan fingerprint density at radius 2 is 1.44 bits per heavy atom. The highest BCUT2D eigenvalue weighted by Gasteiger charge is 2.30. The number of rotatable bonds is 0.